The van der Waals surface area contributed by atoms with Gasteiger partial charge in [-0.1, -0.05) is 56.3 Å². The first kappa shape index (κ1) is 20.5. The average Bonchev–Trinajstić information content (AvgIpc) is 2.89. The van der Waals surface area contributed by atoms with Crippen LogP contribution in [0.3, 0.4) is 0 Å². The van der Waals surface area contributed by atoms with Crippen molar-refractivity contribution in [3.63, 3.8) is 0 Å². The fraction of sp³-hybridized carbons (Fsp3) is 0.421. The highest BCUT2D eigenvalue weighted by atomic mass is 35.5. The molecule has 0 aromatic heterocycles. The first-order valence-corrected chi connectivity index (χ1v) is 9.73. The maximum absolute atomic E-state index is 12.2. The molecule has 1 fully saturated rings. The predicted octanol–water partition coefficient (Wildman–Crippen LogP) is 3.03. The van der Waals surface area contributed by atoms with Crippen LogP contribution in [-0.4, -0.2) is 41.3 Å². The lowest BCUT2D eigenvalue weighted by Crippen LogP contribution is -2.38. The van der Waals surface area contributed by atoms with Gasteiger partial charge in [0.1, 0.15) is 6.54 Å². The van der Waals surface area contributed by atoms with Crippen LogP contribution in [0.1, 0.15) is 26.3 Å². The van der Waals surface area contributed by atoms with Crippen molar-refractivity contribution >= 4 is 41.0 Å². The molecule has 1 aromatic carbocycles. The molecule has 2 rings (SSSR count). The fourth-order valence-corrected chi connectivity index (χ4v) is 3.29. The van der Waals surface area contributed by atoms with Crippen molar-refractivity contribution in [3.8, 4) is 0 Å². The summed E-state index contributed by atoms with van der Waals surface area (Å²) in [6, 6.07) is 7.44. The summed E-state index contributed by atoms with van der Waals surface area (Å²) >= 11 is 7.14. The molecule has 140 valence electrons. The lowest BCUT2D eigenvalue weighted by molar-refractivity contribution is -0.131. The van der Waals surface area contributed by atoms with Crippen molar-refractivity contribution in [2.24, 2.45) is 5.41 Å². The molecule has 0 unspecified atom stereocenters. The minimum absolute atomic E-state index is 0.0668. The second-order valence-corrected chi connectivity index (χ2v) is 8.52. The molecule has 26 heavy (non-hydrogen) atoms. The number of amides is 2. The quantitative estimate of drug-likeness (QED) is 0.753. The van der Waals surface area contributed by atoms with Crippen LogP contribution in [0.4, 0.5) is 0 Å². The van der Waals surface area contributed by atoms with Gasteiger partial charge in [-0.15, -0.1) is 0 Å². The highest BCUT2D eigenvalue weighted by molar-refractivity contribution is 8.04. The number of ketones is 1. The van der Waals surface area contributed by atoms with Gasteiger partial charge >= 0.3 is 0 Å². The first-order chi connectivity index (χ1) is 12.2. The third kappa shape index (κ3) is 5.88. The Kier molecular flexibility index (Phi) is 6.89. The van der Waals surface area contributed by atoms with Gasteiger partial charge in [-0.25, -0.2) is 0 Å². The highest BCUT2D eigenvalue weighted by Gasteiger charge is 2.30. The normalized spacial score (nSPS) is 16.2. The van der Waals surface area contributed by atoms with E-state index < -0.39 is 5.41 Å². The van der Waals surface area contributed by atoms with E-state index in [0.717, 1.165) is 5.56 Å². The number of allylic oxidation sites excluding steroid dienone is 1. The van der Waals surface area contributed by atoms with Gasteiger partial charge in [0.2, 0.25) is 11.8 Å². The second-order valence-electron chi connectivity index (χ2n) is 7.09. The summed E-state index contributed by atoms with van der Waals surface area (Å²) < 4.78 is 0. The monoisotopic (exact) mass is 394 g/mol. The molecule has 0 radical (unpaired) electrons. The molecule has 2 amide bonds. The van der Waals surface area contributed by atoms with Crippen molar-refractivity contribution in [1.82, 2.24) is 10.2 Å². The number of halogens is 1. The van der Waals surface area contributed by atoms with Gasteiger partial charge in [0.05, 0.1) is 10.8 Å². The Morgan fingerprint density at radius 3 is 2.54 bits per heavy atom. The summed E-state index contributed by atoms with van der Waals surface area (Å²) in [5.41, 5.74) is 0.546. The standard InChI is InChI=1S/C19H23ClN2O3S/c1-19(2,3)15(23)10-18-22(17(25)12-26-18)11-16(24)21-9-8-13-4-6-14(20)7-5-13/h4-7,10H,8-9,11-12H2,1-3H3,(H,21,24)/b18-10-. The van der Waals surface area contributed by atoms with E-state index in [1.54, 1.807) is 0 Å². The van der Waals surface area contributed by atoms with Gasteiger partial charge in [-0.3, -0.25) is 19.3 Å². The van der Waals surface area contributed by atoms with Crippen molar-refractivity contribution in [2.75, 3.05) is 18.8 Å². The lowest BCUT2D eigenvalue weighted by atomic mass is 9.91. The van der Waals surface area contributed by atoms with Crippen molar-refractivity contribution < 1.29 is 14.4 Å². The fourth-order valence-electron chi connectivity index (χ4n) is 2.23. The van der Waals surface area contributed by atoms with Crippen LogP contribution in [0, 0.1) is 5.41 Å². The molecule has 0 aliphatic carbocycles. The van der Waals surface area contributed by atoms with Crippen molar-refractivity contribution in [3.05, 3.63) is 46.0 Å². The molecule has 1 aliphatic rings. The molecule has 0 atom stereocenters. The smallest absolute Gasteiger partial charge is 0.240 e. The molecule has 0 spiro atoms. The Hall–Kier alpha value is -1.79. The minimum Gasteiger partial charge on any atom is -0.354 e. The number of hydrogen-bond acceptors (Lipinski definition) is 4. The first-order valence-electron chi connectivity index (χ1n) is 8.37. The molecule has 1 aromatic rings. The topological polar surface area (TPSA) is 66.5 Å². The van der Waals surface area contributed by atoms with Gasteiger partial charge in [-0.05, 0) is 24.1 Å². The van der Waals surface area contributed by atoms with E-state index in [4.69, 9.17) is 11.6 Å². The van der Waals surface area contributed by atoms with Crippen LogP contribution in [0.15, 0.2) is 35.4 Å². The predicted molar refractivity (Wildman–Crippen MR) is 105 cm³/mol. The maximum atomic E-state index is 12.2. The van der Waals surface area contributed by atoms with E-state index in [9.17, 15) is 14.4 Å². The van der Waals surface area contributed by atoms with Crippen molar-refractivity contribution in [2.45, 2.75) is 27.2 Å². The van der Waals surface area contributed by atoms with E-state index in [2.05, 4.69) is 5.32 Å². The van der Waals surface area contributed by atoms with E-state index >= 15 is 0 Å². The zero-order valence-corrected chi connectivity index (χ0v) is 16.7. The number of carbonyl (C=O) groups is 3. The third-order valence-electron chi connectivity index (χ3n) is 3.86. The highest BCUT2D eigenvalue weighted by Crippen LogP contribution is 2.30. The zero-order chi connectivity index (χ0) is 19.3. The van der Waals surface area contributed by atoms with Crippen LogP contribution < -0.4 is 5.32 Å². The van der Waals surface area contributed by atoms with E-state index in [1.807, 2.05) is 45.0 Å². The Bertz CT molecular complexity index is 723. The van der Waals surface area contributed by atoms with Gasteiger partial charge in [0, 0.05) is 23.1 Å². The SMILES string of the molecule is CC(C)(C)C(=O)/C=C1\SCC(=O)N1CC(=O)NCCc1ccc(Cl)cc1. The van der Waals surface area contributed by atoms with Gasteiger partial charge in [-0.2, -0.15) is 0 Å². The molecule has 0 bridgehead atoms. The summed E-state index contributed by atoms with van der Waals surface area (Å²) in [6.07, 6.45) is 2.15. The molecular weight excluding hydrogens is 372 g/mol. The number of hydrogen-bond donors (Lipinski definition) is 1. The molecule has 7 heteroatoms. The molecule has 1 saturated heterocycles. The number of nitrogens with zero attached hydrogens (tertiary/aromatic N) is 1. The number of rotatable bonds is 6. The molecule has 1 aliphatic heterocycles. The average molecular weight is 395 g/mol. The number of thioether (sulfide) groups is 1. The van der Waals surface area contributed by atoms with Crippen LogP contribution in [0.2, 0.25) is 5.02 Å². The van der Waals surface area contributed by atoms with Crippen molar-refractivity contribution in [1.29, 1.82) is 0 Å². The third-order valence-corrected chi connectivity index (χ3v) is 5.13. The van der Waals surface area contributed by atoms with E-state index in [0.29, 0.717) is 23.0 Å². The molecule has 1 heterocycles. The van der Waals surface area contributed by atoms with Gasteiger partial charge < -0.3 is 5.32 Å². The molecule has 5 nitrogen and oxygen atoms in total. The van der Waals surface area contributed by atoms with Crippen LogP contribution in [-0.2, 0) is 20.8 Å². The lowest BCUT2D eigenvalue weighted by Gasteiger charge is -2.19. The van der Waals surface area contributed by atoms with Gasteiger partial charge in [0.25, 0.3) is 0 Å². The Balaban J connectivity index is 1.89. The summed E-state index contributed by atoms with van der Waals surface area (Å²) in [6.45, 7) is 5.86. The second kappa shape index (κ2) is 8.73. The summed E-state index contributed by atoms with van der Waals surface area (Å²) in [5.74, 6) is -0.219. The van der Waals surface area contributed by atoms with E-state index in [1.165, 1.54) is 22.7 Å². The maximum Gasteiger partial charge on any atom is 0.240 e. The molecule has 0 saturated carbocycles. The van der Waals surface area contributed by atoms with Crippen LogP contribution in [0.25, 0.3) is 0 Å². The van der Waals surface area contributed by atoms with Gasteiger partial charge in [0.15, 0.2) is 5.78 Å². The Morgan fingerprint density at radius 1 is 1.27 bits per heavy atom. The number of carbonyl (C=O) groups excluding carboxylic acids is 3. The summed E-state index contributed by atoms with van der Waals surface area (Å²) in [5, 5.41) is 4.03. The van der Waals surface area contributed by atoms with Crippen LogP contribution in [0.5, 0.6) is 0 Å². The minimum atomic E-state index is -0.522. The number of nitrogens with one attached hydrogen (secondary N) is 1. The number of benzene rings is 1. The zero-order valence-electron chi connectivity index (χ0n) is 15.2. The van der Waals surface area contributed by atoms with Crippen LogP contribution >= 0.6 is 23.4 Å². The Morgan fingerprint density at radius 2 is 1.92 bits per heavy atom. The van der Waals surface area contributed by atoms with E-state index in [-0.39, 0.29) is 29.9 Å². The Labute approximate surface area is 163 Å². The largest absolute Gasteiger partial charge is 0.354 e. The molecular formula is C19H23ClN2O3S. The summed E-state index contributed by atoms with van der Waals surface area (Å²) in [7, 11) is 0. The summed E-state index contributed by atoms with van der Waals surface area (Å²) in [4.78, 5) is 37.8. The molecule has 1 N–H and O–H groups in total.